The Labute approximate surface area is 78.0 Å². The molecule has 0 saturated heterocycles. The maximum atomic E-state index is 5.57. The lowest BCUT2D eigenvalue weighted by Crippen LogP contribution is -2.05. The van der Waals surface area contributed by atoms with Crippen LogP contribution in [0, 0.1) is 6.92 Å². The number of aryl methyl sites for hydroxylation is 1. The molecule has 0 aliphatic carbocycles. The molecule has 2 aromatic heterocycles. The Hall–Kier alpha value is -1.28. The van der Waals surface area contributed by atoms with Crippen LogP contribution in [0.1, 0.15) is 11.3 Å². The van der Waals surface area contributed by atoms with Crippen molar-refractivity contribution in [2.45, 2.75) is 13.3 Å². The van der Waals surface area contributed by atoms with Crippen LogP contribution in [0.15, 0.2) is 30.5 Å². The van der Waals surface area contributed by atoms with E-state index < -0.39 is 0 Å². The molecule has 0 aliphatic rings. The zero-order valence-corrected chi connectivity index (χ0v) is 7.83. The van der Waals surface area contributed by atoms with Crippen molar-refractivity contribution in [1.29, 1.82) is 0 Å². The summed E-state index contributed by atoms with van der Waals surface area (Å²) in [4.78, 5) is 0. The summed E-state index contributed by atoms with van der Waals surface area (Å²) in [5, 5.41) is 0. The average Bonchev–Trinajstić information content (AvgIpc) is 2.44. The third-order valence-corrected chi connectivity index (χ3v) is 2.38. The summed E-state index contributed by atoms with van der Waals surface area (Å²) in [7, 11) is 0. The molecule has 0 saturated carbocycles. The zero-order valence-electron chi connectivity index (χ0n) is 7.83. The van der Waals surface area contributed by atoms with Crippen molar-refractivity contribution >= 4 is 5.52 Å². The summed E-state index contributed by atoms with van der Waals surface area (Å²) in [6, 6.07) is 8.42. The second-order valence-electron chi connectivity index (χ2n) is 3.31. The van der Waals surface area contributed by atoms with Gasteiger partial charge in [-0.15, -0.1) is 0 Å². The third kappa shape index (κ3) is 1.33. The van der Waals surface area contributed by atoms with E-state index in [2.05, 4.69) is 35.7 Å². The Kier molecular flexibility index (Phi) is 2.07. The van der Waals surface area contributed by atoms with Gasteiger partial charge in [0.05, 0.1) is 0 Å². The van der Waals surface area contributed by atoms with Gasteiger partial charge in [0.2, 0.25) is 0 Å². The average molecular weight is 174 g/mol. The van der Waals surface area contributed by atoms with E-state index in [0.717, 1.165) is 6.42 Å². The predicted molar refractivity (Wildman–Crippen MR) is 54.9 cm³/mol. The molecule has 2 rings (SSSR count). The van der Waals surface area contributed by atoms with Gasteiger partial charge in [-0.3, -0.25) is 0 Å². The molecule has 13 heavy (non-hydrogen) atoms. The van der Waals surface area contributed by atoms with Crippen LogP contribution in [-0.2, 0) is 6.42 Å². The smallest absolute Gasteiger partial charge is 0.0455 e. The molecule has 0 radical (unpaired) electrons. The zero-order chi connectivity index (χ0) is 9.26. The maximum absolute atomic E-state index is 5.57. The number of fused-ring (bicyclic) bond motifs is 1. The van der Waals surface area contributed by atoms with Crippen molar-refractivity contribution in [1.82, 2.24) is 4.40 Å². The van der Waals surface area contributed by atoms with Crippen molar-refractivity contribution < 1.29 is 0 Å². The lowest BCUT2D eigenvalue weighted by molar-refractivity contribution is 0.895. The molecule has 0 amide bonds. The molecule has 0 fully saturated rings. The van der Waals surface area contributed by atoms with Gasteiger partial charge in [-0.1, -0.05) is 6.07 Å². The van der Waals surface area contributed by atoms with E-state index in [9.17, 15) is 0 Å². The Bertz CT molecular complexity index is 415. The Morgan fingerprint density at radius 2 is 2.23 bits per heavy atom. The SMILES string of the molecule is Cc1cc2ccccn2c1CCN. The van der Waals surface area contributed by atoms with Crippen molar-refractivity contribution in [3.05, 3.63) is 41.7 Å². The number of aromatic nitrogens is 1. The summed E-state index contributed by atoms with van der Waals surface area (Å²) < 4.78 is 2.21. The monoisotopic (exact) mass is 174 g/mol. The Balaban J connectivity index is 2.64. The van der Waals surface area contributed by atoms with Gasteiger partial charge in [-0.05, 0) is 37.2 Å². The molecular formula is C11H14N2. The quantitative estimate of drug-likeness (QED) is 0.738. The highest BCUT2D eigenvalue weighted by Crippen LogP contribution is 2.15. The first-order valence-electron chi connectivity index (χ1n) is 4.58. The largest absolute Gasteiger partial charge is 0.330 e. The number of rotatable bonds is 2. The number of nitrogens with two attached hydrogens (primary N) is 1. The predicted octanol–water partition coefficient (Wildman–Crippen LogP) is 1.75. The van der Waals surface area contributed by atoms with Crippen LogP contribution in [0.5, 0.6) is 0 Å². The lowest BCUT2D eigenvalue weighted by atomic mass is 10.2. The molecule has 2 heterocycles. The van der Waals surface area contributed by atoms with Crippen LogP contribution >= 0.6 is 0 Å². The summed E-state index contributed by atoms with van der Waals surface area (Å²) >= 11 is 0. The van der Waals surface area contributed by atoms with Crippen LogP contribution in [-0.4, -0.2) is 10.9 Å². The van der Waals surface area contributed by atoms with E-state index >= 15 is 0 Å². The number of hydrogen-bond donors (Lipinski definition) is 1. The first-order valence-corrected chi connectivity index (χ1v) is 4.58. The molecule has 2 aromatic rings. The molecule has 68 valence electrons. The van der Waals surface area contributed by atoms with Crippen LogP contribution in [0.25, 0.3) is 5.52 Å². The molecule has 0 atom stereocenters. The van der Waals surface area contributed by atoms with Gasteiger partial charge in [0.1, 0.15) is 0 Å². The van der Waals surface area contributed by atoms with Gasteiger partial charge in [0.15, 0.2) is 0 Å². The van der Waals surface area contributed by atoms with Crippen LogP contribution in [0.3, 0.4) is 0 Å². The summed E-state index contributed by atoms with van der Waals surface area (Å²) in [5.41, 5.74) is 9.48. The highest BCUT2D eigenvalue weighted by atomic mass is 14.9. The molecular weight excluding hydrogens is 160 g/mol. The Morgan fingerprint density at radius 3 is 3.00 bits per heavy atom. The molecule has 2 heteroatoms. The molecule has 0 unspecified atom stereocenters. The van der Waals surface area contributed by atoms with Gasteiger partial charge in [0, 0.05) is 23.8 Å². The fourth-order valence-electron chi connectivity index (χ4n) is 1.77. The van der Waals surface area contributed by atoms with Gasteiger partial charge in [-0.25, -0.2) is 0 Å². The minimum Gasteiger partial charge on any atom is -0.330 e. The van der Waals surface area contributed by atoms with Crippen LogP contribution < -0.4 is 5.73 Å². The first-order chi connectivity index (χ1) is 6.33. The van der Waals surface area contributed by atoms with E-state index in [-0.39, 0.29) is 0 Å². The van der Waals surface area contributed by atoms with E-state index in [4.69, 9.17) is 5.73 Å². The minimum absolute atomic E-state index is 0.710. The molecule has 0 bridgehead atoms. The fourth-order valence-corrected chi connectivity index (χ4v) is 1.77. The Morgan fingerprint density at radius 1 is 1.38 bits per heavy atom. The highest BCUT2D eigenvalue weighted by Gasteiger charge is 2.03. The van der Waals surface area contributed by atoms with Crippen molar-refractivity contribution in [3.63, 3.8) is 0 Å². The van der Waals surface area contributed by atoms with E-state index in [0.29, 0.717) is 6.54 Å². The lowest BCUT2D eigenvalue weighted by Gasteiger charge is -2.01. The first kappa shape index (κ1) is 8.32. The van der Waals surface area contributed by atoms with Crippen molar-refractivity contribution in [2.75, 3.05) is 6.54 Å². The van der Waals surface area contributed by atoms with Crippen molar-refractivity contribution in [3.8, 4) is 0 Å². The van der Waals surface area contributed by atoms with E-state index in [1.54, 1.807) is 0 Å². The van der Waals surface area contributed by atoms with Crippen LogP contribution in [0.4, 0.5) is 0 Å². The highest BCUT2D eigenvalue weighted by molar-refractivity contribution is 5.53. The van der Waals surface area contributed by atoms with Gasteiger partial charge >= 0.3 is 0 Å². The van der Waals surface area contributed by atoms with Crippen LogP contribution in [0.2, 0.25) is 0 Å². The molecule has 2 N–H and O–H groups in total. The van der Waals surface area contributed by atoms with E-state index in [1.807, 2.05) is 6.07 Å². The van der Waals surface area contributed by atoms with E-state index in [1.165, 1.54) is 16.8 Å². The minimum atomic E-state index is 0.710. The molecule has 2 nitrogen and oxygen atoms in total. The second-order valence-corrected chi connectivity index (χ2v) is 3.31. The summed E-state index contributed by atoms with van der Waals surface area (Å²) in [6.07, 6.45) is 3.04. The maximum Gasteiger partial charge on any atom is 0.0455 e. The second kappa shape index (κ2) is 3.23. The summed E-state index contributed by atoms with van der Waals surface area (Å²) in [5.74, 6) is 0. The van der Waals surface area contributed by atoms with Gasteiger partial charge in [-0.2, -0.15) is 0 Å². The normalized spacial score (nSPS) is 10.9. The topological polar surface area (TPSA) is 30.4 Å². The molecule has 0 aliphatic heterocycles. The van der Waals surface area contributed by atoms with Gasteiger partial charge in [0.25, 0.3) is 0 Å². The molecule has 0 aromatic carbocycles. The summed E-state index contributed by atoms with van der Waals surface area (Å²) in [6.45, 7) is 2.85. The number of pyridine rings is 1. The number of nitrogens with zero attached hydrogens (tertiary/aromatic N) is 1. The third-order valence-electron chi connectivity index (χ3n) is 2.38. The molecule has 0 spiro atoms. The van der Waals surface area contributed by atoms with Crippen molar-refractivity contribution in [2.24, 2.45) is 5.73 Å². The standard InChI is InChI=1S/C11H14N2/c1-9-8-10-4-2-3-7-13(10)11(9)5-6-12/h2-4,7-8H,5-6,12H2,1H3. The van der Waals surface area contributed by atoms with Gasteiger partial charge < -0.3 is 10.1 Å². The fraction of sp³-hybridized carbons (Fsp3) is 0.273. The number of hydrogen-bond acceptors (Lipinski definition) is 1.